The molecule has 20 heavy (non-hydrogen) atoms. The molecular formula is C10H13ClF6NO2+. The summed E-state index contributed by atoms with van der Waals surface area (Å²) >= 11 is 5.77. The molecule has 3 nitrogen and oxygen atoms in total. The molecule has 2 rings (SSSR count). The van der Waals surface area contributed by atoms with E-state index in [1.54, 1.807) is 0 Å². The number of piperidine rings is 1. The normalized spacial score (nSPS) is 36.6. The van der Waals surface area contributed by atoms with Gasteiger partial charge in [0.25, 0.3) is 5.54 Å². The van der Waals surface area contributed by atoms with Gasteiger partial charge in [0, 0.05) is 0 Å². The lowest BCUT2D eigenvalue weighted by Crippen LogP contribution is -3.07. The van der Waals surface area contributed by atoms with Gasteiger partial charge in [0.05, 0.1) is 24.5 Å². The van der Waals surface area contributed by atoms with Crippen LogP contribution in [0.25, 0.3) is 0 Å². The topological polar surface area (TPSA) is 46.1 Å². The first-order valence-corrected chi connectivity index (χ1v) is 6.36. The number of quaternary nitrogens is 1. The highest BCUT2D eigenvalue weighted by Gasteiger charge is 2.85. The van der Waals surface area contributed by atoms with Gasteiger partial charge in [0.15, 0.2) is 0 Å². The smallest absolute Gasteiger partial charge is 0.394 e. The second kappa shape index (κ2) is 4.89. The van der Waals surface area contributed by atoms with Crippen molar-refractivity contribution in [1.29, 1.82) is 0 Å². The SMILES string of the molecule is OCCO[C@H]1C[C@@H]2[C@H](Cl)[C@H]1[NH2+]C2(C(F)(F)F)C(F)(F)F. The van der Waals surface area contributed by atoms with Gasteiger partial charge in [-0.2, -0.15) is 26.3 Å². The van der Waals surface area contributed by atoms with E-state index in [-0.39, 0.29) is 18.5 Å². The van der Waals surface area contributed by atoms with Gasteiger partial charge in [-0.15, -0.1) is 11.6 Å². The molecule has 2 bridgehead atoms. The maximum Gasteiger partial charge on any atom is 0.454 e. The molecule has 0 unspecified atom stereocenters. The molecule has 3 N–H and O–H groups in total. The number of hydrogen-bond acceptors (Lipinski definition) is 2. The lowest BCUT2D eigenvalue weighted by Gasteiger charge is -2.39. The summed E-state index contributed by atoms with van der Waals surface area (Å²) in [6, 6.07) is -1.13. The Morgan fingerprint density at radius 2 is 1.75 bits per heavy atom. The molecule has 1 heterocycles. The summed E-state index contributed by atoms with van der Waals surface area (Å²) in [4.78, 5) is 0. The zero-order valence-corrected chi connectivity index (χ0v) is 10.8. The van der Waals surface area contributed by atoms with Crippen LogP contribution in [0.3, 0.4) is 0 Å². The Morgan fingerprint density at radius 1 is 1.20 bits per heavy atom. The minimum atomic E-state index is -5.44. The number of halogens is 7. The molecule has 4 atom stereocenters. The summed E-state index contributed by atoms with van der Waals surface area (Å²) in [7, 11) is 0. The number of aliphatic hydroxyl groups excluding tert-OH is 1. The minimum absolute atomic E-state index is 0.142. The number of hydrogen-bond donors (Lipinski definition) is 2. The van der Waals surface area contributed by atoms with Crippen molar-refractivity contribution >= 4 is 11.6 Å². The van der Waals surface area contributed by atoms with Crippen molar-refractivity contribution in [3.05, 3.63) is 0 Å². The Bertz CT molecular complexity index is 360. The number of fused-ring (bicyclic) bond motifs is 2. The van der Waals surface area contributed by atoms with E-state index in [0.717, 1.165) is 0 Å². The Morgan fingerprint density at radius 3 is 2.10 bits per heavy atom. The maximum absolute atomic E-state index is 13.0. The summed E-state index contributed by atoms with van der Waals surface area (Å²) < 4.78 is 83.3. The van der Waals surface area contributed by atoms with Crippen molar-refractivity contribution in [3.8, 4) is 0 Å². The van der Waals surface area contributed by atoms with Crippen LogP contribution in [0.2, 0.25) is 0 Å². The van der Waals surface area contributed by atoms with Crippen molar-refractivity contribution in [2.24, 2.45) is 5.92 Å². The van der Waals surface area contributed by atoms with Gasteiger partial charge in [-0.3, -0.25) is 0 Å². The van der Waals surface area contributed by atoms with E-state index in [1.165, 1.54) is 0 Å². The summed E-state index contributed by atoms with van der Waals surface area (Å²) in [6.45, 7) is -0.499. The predicted molar refractivity (Wildman–Crippen MR) is 55.1 cm³/mol. The molecule has 1 saturated carbocycles. The summed E-state index contributed by atoms with van der Waals surface area (Å²) in [5.74, 6) is -1.79. The highest BCUT2D eigenvalue weighted by Crippen LogP contribution is 2.54. The monoisotopic (exact) mass is 328 g/mol. The molecule has 0 aromatic heterocycles. The van der Waals surface area contributed by atoms with Crippen molar-refractivity contribution < 1.29 is 41.5 Å². The lowest BCUT2D eigenvalue weighted by atomic mass is 9.82. The molecule has 10 heteroatoms. The number of ether oxygens (including phenoxy) is 1. The van der Waals surface area contributed by atoms with Crippen molar-refractivity contribution in [2.75, 3.05) is 13.2 Å². The van der Waals surface area contributed by atoms with Gasteiger partial charge in [0.2, 0.25) is 0 Å². The van der Waals surface area contributed by atoms with Crippen LogP contribution in [0.4, 0.5) is 26.3 Å². The second-order valence-corrected chi connectivity index (χ2v) is 5.53. The van der Waals surface area contributed by atoms with Crippen molar-refractivity contribution in [3.63, 3.8) is 0 Å². The quantitative estimate of drug-likeness (QED) is 0.595. The van der Waals surface area contributed by atoms with Crippen LogP contribution >= 0.6 is 11.6 Å². The maximum atomic E-state index is 13.0. The lowest BCUT2D eigenvalue weighted by molar-refractivity contribution is -0.800. The third-order valence-electron chi connectivity index (χ3n) is 4.07. The van der Waals surface area contributed by atoms with Crippen LogP contribution in [0.1, 0.15) is 6.42 Å². The first-order valence-electron chi connectivity index (χ1n) is 5.92. The first kappa shape index (κ1) is 16.1. The Kier molecular flexibility index (Phi) is 3.94. The van der Waals surface area contributed by atoms with Gasteiger partial charge in [-0.05, 0) is 6.42 Å². The fourth-order valence-corrected chi connectivity index (χ4v) is 3.76. The Labute approximate surface area is 115 Å². The van der Waals surface area contributed by atoms with Crippen LogP contribution in [-0.4, -0.2) is 53.7 Å². The standard InChI is InChI=1S/C10H12ClF6NO2/c11-6-4-3-5(20-2-1-19)7(6)18-8(4,9(12,13)14)10(15,16)17/h4-7,18-19H,1-3H2/p+1/t4-,5+,6+,7+/m1/s1. The van der Waals surface area contributed by atoms with Gasteiger partial charge >= 0.3 is 12.4 Å². The van der Waals surface area contributed by atoms with E-state index >= 15 is 0 Å². The number of rotatable bonds is 3. The molecule has 1 saturated heterocycles. The van der Waals surface area contributed by atoms with E-state index in [1.807, 2.05) is 0 Å². The van der Waals surface area contributed by atoms with Gasteiger partial charge < -0.3 is 15.2 Å². The Hall–Kier alpha value is -0.250. The first-order chi connectivity index (χ1) is 9.06. The molecule has 0 radical (unpaired) electrons. The zero-order valence-electron chi connectivity index (χ0n) is 10.0. The van der Waals surface area contributed by atoms with Gasteiger partial charge in [0.1, 0.15) is 12.1 Å². The average Bonchev–Trinajstić information content (AvgIpc) is 2.75. The summed E-state index contributed by atoms with van der Waals surface area (Å²) in [5.41, 5.74) is -3.86. The van der Waals surface area contributed by atoms with E-state index in [9.17, 15) is 26.3 Å². The molecule has 2 fully saturated rings. The van der Waals surface area contributed by atoms with Crippen LogP contribution < -0.4 is 5.32 Å². The minimum Gasteiger partial charge on any atom is -0.394 e. The number of aliphatic hydroxyl groups is 1. The summed E-state index contributed by atoms with van der Waals surface area (Å²) in [5, 5.41) is 7.57. The number of alkyl halides is 7. The average molecular weight is 329 g/mol. The molecular weight excluding hydrogens is 316 g/mol. The largest absolute Gasteiger partial charge is 0.454 e. The number of nitrogens with two attached hydrogens (primary N) is 1. The molecule has 2 aliphatic rings. The second-order valence-electron chi connectivity index (χ2n) is 5.03. The van der Waals surface area contributed by atoms with E-state index in [2.05, 4.69) is 0 Å². The fourth-order valence-electron chi connectivity index (χ4n) is 3.23. The highest BCUT2D eigenvalue weighted by molar-refractivity contribution is 6.21. The van der Waals surface area contributed by atoms with Gasteiger partial charge in [-0.25, -0.2) is 0 Å². The van der Waals surface area contributed by atoms with E-state index in [0.29, 0.717) is 0 Å². The van der Waals surface area contributed by atoms with Crippen molar-refractivity contribution in [2.45, 2.75) is 41.8 Å². The molecule has 0 aromatic rings. The third kappa shape index (κ3) is 2.10. The molecule has 0 aromatic carbocycles. The predicted octanol–water partition coefficient (Wildman–Crippen LogP) is 0.800. The highest BCUT2D eigenvalue weighted by atomic mass is 35.5. The van der Waals surface area contributed by atoms with Crippen LogP contribution in [0.15, 0.2) is 0 Å². The molecule has 0 spiro atoms. The zero-order chi connectivity index (χ0) is 15.3. The van der Waals surface area contributed by atoms with Crippen LogP contribution in [-0.2, 0) is 4.74 Å². The van der Waals surface area contributed by atoms with Crippen LogP contribution in [0, 0.1) is 5.92 Å². The molecule has 1 aliphatic heterocycles. The van der Waals surface area contributed by atoms with E-state index in [4.69, 9.17) is 21.4 Å². The van der Waals surface area contributed by atoms with Gasteiger partial charge in [-0.1, -0.05) is 0 Å². The van der Waals surface area contributed by atoms with E-state index < -0.39 is 47.8 Å². The molecule has 1 aliphatic carbocycles. The Balaban J connectivity index is 2.29. The summed E-state index contributed by atoms with van der Waals surface area (Å²) in [6.07, 6.45) is -12.1. The fraction of sp³-hybridized carbons (Fsp3) is 1.00. The van der Waals surface area contributed by atoms with Crippen LogP contribution in [0.5, 0.6) is 0 Å². The third-order valence-corrected chi connectivity index (χ3v) is 4.66. The molecule has 0 amide bonds. The molecule has 118 valence electrons. The van der Waals surface area contributed by atoms with Crippen molar-refractivity contribution in [1.82, 2.24) is 0 Å².